The van der Waals surface area contributed by atoms with E-state index in [0.29, 0.717) is 19.6 Å². The Bertz CT molecular complexity index is 752. The number of carbonyl (C=O) groups excluding carboxylic acids is 1. The zero-order chi connectivity index (χ0) is 17.5. The van der Waals surface area contributed by atoms with Gasteiger partial charge in [-0.15, -0.1) is 12.4 Å². The van der Waals surface area contributed by atoms with E-state index < -0.39 is 10.0 Å². The Hall–Kier alpha value is -1.15. The summed E-state index contributed by atoms with van der Waals surface area (Å²) in [6.07, 6.45) is 2.56. The van der Waals surface area contributed by atoms with Gasteiger partial charge < -0.3 is 10.6 Å². The normalized spacial score (nSPS) is 22.2. The fourth-order valence-electron chi connectivity index (χ4n) is 3.62. The average molecular weight is 388 g/mol. The number of rotatable bonds is 3. The van der Waals surface area contributed by atoms with E-state index >= 15 is 0 Å². The molecule has 0 spiro atoms. The van der Waals surface area contributed by atoms with Gasteiger partial charge in [-0.25, -0.2) is 8.42 Å². The molecule has 25 heavy (non-hydrogen) atoms. The lowest BCUT2D eigenvalue weighted by molar-refractivity contribution is -0.116. The first kappa shape index (κ1) is 20.2. The molecule has 2 aliphatic heterocycles. The van der Waals surface area contributed by atoms with Gasteiger partial charge in [0, 0.05) is 38.3 Å². The monoisotopic (exact) mass is 387 g/mol. The van der Waals surface area contributed by atoms with Crippen LogP contribution in [0.3, 0.4) is 0 Å². The fraction of sp³-hybridized carbons (Fsp3) is 0.588. The second kappa shape index (κ2) is 7.61. The molecule has 2 unspecified atom stereocenters. The molecule has 2 atom stereocenters. The maximum absolute atomic E-state index is 13.0. The molecule has 2 heterocycles. The number of hydrogen-bond donors (Lipinski definition) is 1. The number of piperidine rings is 1. The molecule has 140 valence electrons. The molecule has 6 nitrogen and oxygen atoms in total. The molecule has 0 aromatic heterocycles. The summed E-state index contributed by atoms with van der Waals surface area (Å²) >= 11 is 0. The number of fused-ring (bicyclic) bond motifs is 1. The van der Waals surface area contributed by atoms with Gasteiger partial charge in [0.25, 0.3) is 0 Å². The van der Waals surface area contributed by atoms with E-state index in [1.807, 2.05) is 13.0 Å². The summed E-state index contributed by atoms with van der Waals surface area (Å²) < 4.78 is 27.6. The molecule has 1 saturated heterocycles. The van der Waals surface area contributed by atoms with Crippen molar-refractivity contribution in [3.05, 3.63) is 23.8 Å². The van der Waals surface area contributed by atoms with Gasteiger partial charge in [0.15, 0.2) is 0 Å². The Morgan fingerprint density at radius 3 is 2.68 bits per heavy atom. The number of hydrogen-bond acceptors (Lipinski definition) is 4. The summed E-state index contributed by atoms with van der Waals surface area (Å²) in [5.74, 6) is 0.134. The van der Waals surface area contributed by atoms with Crippen molar-refractivity contribution < 1.29 is 13.2 Å². The Morgan fingerprint density at radius 2 is 2.04 bits per heavy atom. The summed E-state index contributed by atoms with van der Waals surface area (Å²) in [5.41, 5.74) is 7.72. The van der Waals surface area contributed by atoms with Gasteiger partial charge in [-0.3, -0.25) is 4.79 Å². The number of halogens is 1. The van der Waals surface area contributed by atoms with Gasteiger partial charge >= 0.3 is 0 Å². The topological polar surface area (TPSA) is 83.7 Å². The summed E-state index contributed by atoms with van der Waals surface area (Å²) in [5, 5.41) is 0. The van der Waals surface area contributed by atoms with Crippen LogP contribution in [-0.4, -0.2) is 44.3 Å². The van der Waals surface area contributed by atoms with Crippen LogP contribution in [0.4, 0.5) is 5.69 Å². The van der Waals surface area contributed by atoms with Crippen LogP contribution in [0.25, 0.3) is 0 Å². The molecule has 0 bridgehead atoms. The largest absolute Gasteiger partial charge is 0.328 e. The van der Waals surface area contributed by atoms with Crippen LogP contribution in [-0.2, 0) is 21.2 Å². The van der Waals surface area contributed by atoms with Gasteiger partial charge in [0.2, 0.25) is 15.9 Å². The van der Waals surface area contributed by atoms with Gasteiger partial charge in [0.1, 0.15) is 0 Å². The zero-order valence-electron chi connectivity index (χ0n) is 14.6. The molecule has 1 fully saturated rings. The summed E-state index contributed by atoms with van der Waals surface area (Å²) in [6, 6.07) is 5.12. The molecule has 0 radical (unpaired) electrons. The number of nitrogens with two attached hydrogens (primary N) is 1. The van der Waals surface area contributed by atoms with E-state index in [1.54, 1.807) is 21.3 Å². The van der Waals surface area contributed by atoms with Gasteiger partial charge in [0.05, 0.1) is 4.90 Å². The molecule has 3 rings (SSSR count). The number of sulfonamides is 1. The third-order valence-electron chi connectivity index (χ3n) is 5.13. The minimum Gasteiger partial charge on any atom is -0.328 e. The van der Waals surface area contributed by atoms with Crippen LogP contribution in [0.15, 0.2) is 23.1 Å². The highest BCUT2D eigenvalue weighted by Crippen LogP contribution is 2.32. The van der Waals surface area contributed by atoms with Gasteiger partial charge in [-0.2, -0.15) is 4.31 Å². The second-order valence-corrected chi connectivity index (χ2v) is 8.77. The summed E-state index contributed by atoms with van der Waals surface area (Å²) in [6.45, 7) is 5.05. The molecule has 1 aromatic rings. The summed E-state index contributed by atoms with van der Waals surface area (Å²) in [4.78, 5) is 13.7. The van der Waals surface area contributed by atoms with Crippen molar-refractivity contribution in [1.82, 2.24) is 4.31 Å². The maximum atomic E-state index is 13.0. The quantitative estimate of drug-likeness (QED) is 0.856. The summed E-state index contributed by atoms with van der Waals surface area (Å²) in [7, 11) is -3.56. The van der Waals surface area contributed by atoms with E-state index in [2.05, 4.69) is 0 Å². The first-order chi connectivity index (χ1) is 11.3. The highest BCUT2D eigenvalue weighted by Gasteiger charge is 2.33. The van der Waals surface area contributed by atoms with Crippen molar-refractivity contribution >= 4 is 34.0 Å². The molecule has 2 N–H and O–H groups in total. The minimum absolute atomic E-state index is 0. The Morgan fingerprint density at radius 1 is 1.32 bits per heavy atom. The molecular formula is C17H26ClN3O3S. The van der Waals surface area contributed by atoms with Crippen LogP contribution >= 0.6 is 12.4 Å². The lowest BCUT2D eigenvalue weighted by Gasteiger charge is -2.33. The minimum atomic E-state index is -3.56. The van der Waals surface area contributed by atoms with Crippen molar-refractivity contribution in [3.63, 3.8) is 0 Å². The predicted molar refractivity (Wildman–Crippen MR) is 101 cm³/mol. The van der Waals surface area contributed by atoms with E-state index in [0.717, 1.165) is 30.5 Å². The van der Waals surface area contributed by atoms with Gasteiger partial charge in [-0.1, -0.05) is 6.07 Å². The molecule has 2 aliphatic rings. The maximum Gasteiger partial charge on any atom is 0.243 e. The number of carbonyl (C=O) groups is 1. The van der Waals surface area contributed by atoms with Gasteiger partial charge in [-0.05, 0) is 49.8 Å². The average Bonchev–Trinajstić information content (AvgIpc) is 2.98. The van der Waals surface area contributed by atoms with Crippen molar-refractivity contribution in [2.45, 2.75) is 44.0 Å². The molecule has 8 heteroatoms. The molecule has 1 aromatic carbocycles. The Labute approximate surface area is 155 Å². The first-order valence-electron chi connectivity index (χ1n) is 8.47. The predicted octanol–water partition coefficient (Wildman–Crippen LogP) is 1.77. The molecule has 0 saturated carbocycles. The van der Waals surface area contributed by atoms with E-state index in [9.17, 15) is 13.2 Å². The fourth-order valence-corrected chi connectivity index (χ4v) is 5.17. The zero-order valence-corrected chi connectivity index (χ0v) is 16.3. The lowest BCUT2D eigenvalue weighted by Crippen LogP contribution is -2.44. The van der Waals surface area contributed by atoms with Crippen molar-refractivity contribution in [2.24, 2.45) is 11.7 Å². The van der Waals surface area contributed by atoms with E-state index in [-0.39, 0.29) is 35.2 Å². The lowest BCUT2D eigenvalue weighted by atomic mass is 9.93. The van der Waals surface area contributed by atoms with Crippen LogP contribution in [0, 0.1) is 5.92 Å². The third kappa shape index (κ3) is 3.84. The first-order valence-corrected chi connectivity index (χ1v) is 9.91. The number of anilines is 1. The SMILES string of the molecule is CC(=O)N1CCc2ccc(S(=O)(=O)N3CCCC(C(C)N)C3)cc21.Cl. The highest BCUT2D eigenvalue weighted by atomic mass is 35.5. The number of nitrogens with zero attached hydrogens (tertiary/aromatic N) is 2. The van der Waals surface area contributed by atoms with Crippen LogP contribution in [0.2, 0.25) is 0 Å². The van der Waals surface area contributed by atoms with E-state index in [1.165, 1.54) is 6.92 Å². The molecule has 0 aliphatic carbocycles. The molecule has 1 amide bonds. The Kier molecular flexibility index (Phi) is 6.14. The standard InChI is InChI=1S/C17H25N3O3S.ClH/c1-12(18)15-4-3-8-19(11-15)24(22,23)16-6-5-14-7-9-20(13(2)21)17(14)10-16;/h5-6,10,12,15H,3-4,7-9,11,18H2,1-2H3;1H. The van der Waals surface area contributed by atoms with Crippen LogP contribution < -0.4 is 10.6 Å². The third-order valence-corrected chi connectivity index (χ3v) is 7.00. The smallest absolute Gasteiger partial charge is 0.243 e. The van der Waals surface area contributed by atoms with E-state index in [4.69, 9.17) is 5.73 Å². The van der Waals surface area contributed by atoms with Crippen LogP contribution in [0.5, 0.6) is 0 Å². The van der Waals surface area contributed by atoms with Crippen molar-refractivity contribution in [1.29, 1.82) is 0 Å². The molecular weight excluding hydrogens is 362 g/mol. The number of amides is 1. The number of benzene rings is 1. The highest BCUT2D eigenvalue weighted by molar-refractivity contribution is 7.89. The van der Waals surface area contributed by atoms with Crippen molar-refractivity contribution in [3.8, 4) is 0 Å². The second-order valence-electron chi connectivity index (χ2n) is 6.84. The van der Waals surface area contributed by atoms with Crippen molar-refractivity contribution in [2.75, 3.05) is 24.5 Å². The van der Waals surface area contributed by atoms with Crippen LogP contribution in [0.1, 0.15) is 32.3 Å². The Balaban J connectivity index is 0.00000225.